The zero-order chi connectivity index (χ0) is 16.6. The predicted octanol–water partition coefficient (Wildman–Crippen LogP) is 4.12. The second-order valence-corrected chi connectivity index (χ2v) is 7.27. The van der Waals surface area contributed by atoms with Crippen molar-refractivity contribution in [3.8, 4) is 5.69 Å². The van der Waals surface area contributed by atoms with Crippen LogP contribution in [-0.2, 0) is 0 Å². The van der Waals surface area contributed by atoms with Crippen LogP contribution in [-0.4, -0.2) is 34.2 Å². The largest absolute Gasteiger partial charge is 0.341 e. The maximum absolute atomic E-state index is 12.6. The maximum Gasteiger partial charge on any atom is 0.263 e. The van der Waals surface area contributed by atoms with Crippen LogP contribution in [0.15, 0.2) is 36.4 Å². The summed E-state index contributed by atoms with van der Waals surface area (Å²) in [5.74, 6) is 0.541. The summed E-state index contributed by atoms with van der Waals surface area (Å²) in [5.41, 5.74) is 1.97. The van der Waals surface area contributed by atoms with Crippen molar-refractivity contribution in [3.05, 3.63) is 47.0 Å². The molecule has 1 aromatic carbocycles. The second kappa shape index (κ2) is 6.16. The van der Waals surface area contributed by atoms with Gasteiger partial charge in [0.2, 0.25) is 0 Å². The summed E-state index contributed by atoms with van der Waals surface area (Å²) >= 11 is 1.51. The van der Waals surface area contributed by atoms with E-state index >= 15 is 0 Å². The highest BCUT2D eigenvalue weighted by molar-refractivity contribution is 7.20. The third-order valence-electron chi connectivity index (χ3n) is 3.74. The molecule has 3 aromatic rings. The third-order valence-corrected chi connectivity index (χ3v) is 4.84. The van der Waals surface area contributed by atoms with E-state index in [1.165, 1.54) is 11.3 Å². The summed E-state index contributed by atoms with van der Waals surface area (Å²) in [5, 5.41) is 5.67. The molecular weight excluding hydrogens is 306 g/mol. The van der Waals surface area contributed by atoms with Gasteiger partial charge in [-0.2, -0.15) is 5.10 Å². The normalized spacial score (nSPS) is 11.3. The van der Waals surface area contributed by atoms with Gasteiger partial charge in [0.15, 0.2) is 0 Å². The van der Waals surface area contributed by atoms with Crippen molar-refractivity contribution in [2.24, 2.45) is 5.92 Å². The van der Waals surface area contributed by atoms with Crippen LogP contribution in [0.3, 0.4) is 0 Å². The molecule has 0 radical (unpaired) electrons. The average molecular weight is 327 g/mol. The molecular formula is C18H21N3OS. The molecule has 0 spiro atoms. The minimum atomic E-state index is 0.0823. The van der Waals surface area contributed by atoms with Crippen LogP contribution in [0.4, 0.5) is 0 Å². The summed E-state index contributed by atoms with van der Waals surface area (Å²) in [6.45, 7) is 6.98. The summed E-state index contributed by atoms with van der Waals surface area (Å²) in [7, 11) is 1.86. The Morgan fingerprint density at radius 1 is 1.30 bits per heavy atom. The van der Waals surface area contributed by atoms with Gasteiger partial charge in [0.25, 0.3) is 5.91 Å². The number of thiophene rings is 1. The van der Waals surface area contributed by atoms with Crippen molar-refractivity contribution < 1.29 is 4.79 Å². The summed E-state index contributed by atoms with van der Waals surface area (Å²) in [4.78, 5) is 16.2. The monoisotopic (exact) mass is 327 g/mol. The Hall–Kier alpha value is -2.14. The number of aromatic nitrogens is 2. The van der Waals surface area contributed by atoms with Crippen molar-refractivity contribution in [1.29, 1.82) is 0 Å². The van der Waals surface area contributed by atoms with Gasteiger partial charge in [-0.3, -0.25) is 4.79 Å². The van der Waals surface area contributed by atoms with Crippen LogP contribution < -0.4 is 0 Å². The lowest BCUT2D eigenvalue weighted by Crippen LogP contribution is -2.29. The highest BCUT2D eigenvalue weighted by Gasteiger charge is 2.19. The van der Waals surface area contributed by atoms with Crippen LogP contribution in [0.5, 0.6) is 0 Å². The molecule has 2 aromatic heterocycles. The molecule has 0 unspecified atom stereocenters. The lowest BCUT2D eigenvalue weighted by molar-refractivity contribution is 0.0784. The molecule has 0 atom stereocenters. The number of para-hydroxylation sites is 1. The van der Waals surface area contributed by atoms with Crippen molar-refractivity contribution >= 4 is 27.5 Å². The maximum atomic E-state index is 12.6. The number of carbonyl (C=O) groups is 1. The zero-order valence-corrected chi connectivity index (χ0v) is 14.7. The number of carbonyl (C=O) groups excluding carboxylic acids is 1. The first kappa shape index (κ1) is 15.7. The highest BCUT2D eigenvalue weighted by atomic mass is 32.1. The van der Waals surface area contributed by atoms with E-state index in [2.05, 4.69) is 18.9 Å². The van der Waals surface area contributed by atoms with Crippen molar-refractivity contribution in [3.63, 3.8) is 0 Å². The molecule has 0 saturated heterocycles. The number of aryl methyl sites for hydroxylation is 1. The Labute approximate surface area is 140 Å². The Kier molecular flexibility index (Phi) is 4.22. The van der Waals surface area contributed by atoms with Gasteiger partial charge in [-0.05, 0) is 31.0 Å². The first-order chi connectivity index (χ1) is 11.0. The van der Waals surface area contributed by atoms with Gasteiger partial charge in [0, 0.05) is 19.0 Å². The van der Waals surface area contributed by atoms with E-state index < -0.39 is 0 Å². The number of benzene rings is 1. The molecule has 0 fully saturated rings. The lowest BCUT2D eigenvalue weighted by Gasteiger charge is -2.18. The molecule has 4 nitrogen and oxygen atoms in total. The van der Waals surface area contributed by atoms with E-state index in [0.717, 1.165) is 33.0 Å². The van der Waals surface area contributed by atoms with E-state index in [0.29, 0.717) is 5.92 Å². The molecule has 0 aliphatic carbocycles. The molecule has 2 heterocycles. The second-order valence-electron chi connectivity index (χ2n) is 6.24. The number of hydrogen-bond donors (Lipinski definition) is 0. The summed E-state index contributed by atoms with van der Waals surface area (Å²) < 4.78 is 1.93. The van der Waals surface area contributed by atoms with E-state index in [1.54, 1.807) is 4.90 Å². The number of hydrogen-bond acceptors (Lipinski definition) is 3. The summed E-state index contributed by atoms with van der Waals surface area (Å²) in [6, 6.07) is 12.0. The van der Waals surface area contributed by atoms with E-state index in [9.17, 15) is 4.79 Å². The summed E-state index contributed by atoms with van der Waals surface area (Å²) in [6.07, 6.45) is 0. The molecule has 1 amide bonds. The van der Waals surface area contributed by atoms with Crippen LogP contribution in [0.25, 0.3) is 15.9 Å². The Balaban J connectivity index is 2.01. The molecule has 3 rings (SSSR count). The lowest BCUT2D eigenvalue weighted by atomic mass is 10.2. The van der Waals surface area contributed by atoms with E-state index in [1.807, 2.05) is 55.1 Å². The molecule has 23 heavy (non-hydrogen) atoms. The minimum absolute atomic E-state index is 0.0823. The molecule has 5 heteroatoms. The zero-order valence-electron chi connectivity index (χ0n) is 13.9. The Bertz CT molecular complexity index is 833. The molecule has 0 aliphatic rings. The average Bonchev–Trinajstić information content (AvgIpc) is 3.08. The molecule has 0 aliphatic heterocycles. The molecule has 0 saturated carbocycles. The van der Waals surface area contributed by atoms with Gasteiger partial charge in [-0.25, -0.2) is 4.68 Å². The molecule has 0 bridgehead atoms. The van der Waals surface area contributed by atoms with Gasteiger partial charge in [-0.1, -0.05) is 32.0 Å². The molecule has 120 valence electrons. The first-order valence-corrected chi connectivity index (χ1v) is 8.59. The standard InChI is InChI=1S/C18H21N3OS/c1-12(2)11-20(4)17(22)16-10-15-13(3)19-21(18(15)23-16)14-8-6-5-7-9-14/h5-10,12H,11H2,1-4H3. The van der Waals surface area contributed by atoms with Gasteiger partial charge < -0.3 is 4.90 Å². The first-order valence-electron chi connectivity index (χ1n) is 7.77. The topological polar surface area (TPSA) is 38.1 Å². The van der Waals surface area contributed by atoms with E-state index in [-0.39, 0.29) is 5.91 Å². The number of nitrogens with zero attached hydrogens (tertiary/aromatic N) is 3. The quantitative estimate of drug-likeness (QED) is 0.723. The van der Waals surface area contributed by atoms with Crippen LogP contribution in [0.1, 0.15) is 29.2 Å². The van der Waals surface area contributed by atoms with Crippen molar-refractivity contribution in [2.45, 2.75) is 20.8 Å². The predicted molar refractivity (Wildman–Crippen MR) is 95.5 cm³/mol. The van der Waals surface area contributed by atoms with Crippen LogP contribution in [0, 0.1) is 12.8 Å². The molecule has 0 N–H and O–H groups in total. The van der Waals surface area contributed by atoms with Gasteiger partial charge in [0.1, 0.15) is 4.83 Å². The van der Waals surface area contributed by atoms with Crippen molar-refractivity contribution in [1.82, 2.24) is 14.7 Å². The minimum Gasteiger partial charge on any atom is -0.341 e. The van der Waals surface area contributed by atoms with Crippen LogP contribution in [0.2, 0.25) is 0 Å². The fourth-order valence-corrected chi connectivity index (χ4v) is 3.89. The number of amides is 1. The fourth-order valence-electron chi connectivity index (χ4n) is 2.72. The number of rotatable bonds is 4. The Morgan fingerprint density at radius 2 is 2.00 bits per heavy atom. The van der Waals surface area contributed by atoms with Gasteiger partial charge in [-0.15, -0.1) is 11.3 Å². The third kappa shape index (κ3) is 3.01. The fraction of sp³-hybridized carbons (Fsp3) is 0.333. The number of fused-ring (bicyclic) bond motifs is 1. The highest BCUT2D eigenvalue weighted by Crippen LogP contribution is 2.31. The van der Waals surface area contributed by atoms with Gasteiger partial charge >= 0.3 is 0 Å². The Morgan fingerprint density at radius 3 is 2.65 bits per heavy atom. The smallest absolute Gasteiger partial charge is 0.263 e. The van der Waals surface area contributed by atoms with Crippen molar-refractivity contribution in [2.75, 3.05) is 13.6 Å². The van der Waals surface area contributed by atoms with Crippen LogP contribution >= 0.6 is 11.3 Å². The van der Waals surface area contributed by atoms with E-state index in [4.69, 9.17) is 0 Å². The SMILES string of the molecule is Cc1nn(-c2ccccc2)c2sc(C(=O)N(C)CC(C)C)cc12. The van der Waals surface area contributed by atoms with Gasteiger partial charge in [0.05, 0.1) is 16.3 Å².